The molecule has 0 bridgehead atoms. The SMILES string of the molecule is C/C=C/C=C/C(=O)Nc1ccc2c(c1)OCCCO2. The first-order valence-corrected chi connectivity index (χ1v) is 6.29. The molecule has 19 heavy (non-hydrogen) atoms. The lowest BCUT2D eigenvalue weighted by molar-refractivity contribution is -0.111. The molecule has 1 aliphatic heterocycles. The summed E-state index contributed by atoms with van der Waals surface area (Å²) in [5.74, 6) is 1.22. The second-order valence-corrected chi connectivity index (χ2v) is 4.09. The van der Waals surface area contributed by atoms with E-state index in [4.69, 9.17) is 9.47 Å². The van der Waals surface area contributed by atoms with E-state index in [-0.39, 0.29) is 5.91 Å². The molecule has 1 amide bonds. The maximum absolute atomic E-state index is 11.6. The zero-order valence-electron chi connectivity index (χ0n) is 10.9. The lowest BCUT2D eigenvalue weighted by Crippen LogP contribution is -2.07. The summed E-state index contributed by atoms with van der Waals surface area (Å²) in [5.41, 5.74) is 0.694. The Hall–Kier alpha value is -2.23. The van der Waals surface area contributed by atoms with Gasteiger partial charge in [0.1, 0.15) is 0 Å². The number of rotatable bonds is 3. The number of nitrogens with one attached hydrogen (secondary N) is 1. The van der Waals surface area contributed by atoms with Crippen molar-refractivity contribution in [3.63, 3.8) is 0 Å². The van der Waals surface area contributed by atoms with Gasteiger partial charge >= 0.3 is 0 Å². The van der Waals surface area contributed by atoms with Crippen LogP contribution in [0.1, 0.15) is 13.3 Å². The number of anilines is 1. The molecule has 0 aliphatic carbocycles. The molecule has 1 aromatic carbocycles. The fourth-order valence-corrected chi connectivity index (χ4v) is 1.68. The fraction of sp³-hybridized carbons (Fsp3) is 0.267. The van der Waals surface area contributed by atoms with Crippen LogP contribution in [-0.4, -0.2) is 19.1 Å². The summed E-state index contributed by atoms with van der Waals surface area (Å²) in [6, 6.07) is 5.39. The molecule has 0 saturated carbocycles. The molecule has 1 aromatic rings. The van der Waals surface area contributed by atoms with Crippen molar-refractivity contribution in [1.29, 1.82) is 0 Å². The van der Waals surface area contributed by atoms with Crippen LogP contribution in [-0.2, 0) is 4.79 Å². The highest BCUT2D eigenvalue weighted by molar-refractivity contribution is 5.99. The summed E-state index contributed by atoms with van der Waals surface area (Å²) in [4.78, 5) is 11.6. The van der Waals surface area contributed by atoms with Crippen molar-refractivity contribution in [2.75, 3.05) is 18.5 Å². The summed E-state index contributed by atoms with van der Waals surface area (Å²) in [6.45, 7) is 3.18. The predicted octanol–water partition coefficient (Wildman–Crippen LogP) is 2.92. The Bertz CT molecular complexity index is 506. The summed E-state index contributed by atoms with van der Waals surface area (Å²) in [6.07, 6.45) is 7.69. The number of amides is 1. The monoisotopic (exact) mass is 259 g/mol. The first-order chi connectivity index (χ1) is 9.29. The molecule has 0 radical (unpaired) electrons. The van der Waals surface area contributed by atoms with Crippen LogP contribution in [0.4, 0.5) is 5.69 Å². The Morgan fingerprint density at radius 1 is 1.21 bits per heavy atom. The molecule has 100 valence electrons. The number of carbonyl (C=O) groups excluding carboxylic acids is 1. The number of hydrogen-bond donors (Lipinski definition) is 1. The quantitative estimate of drug-likeness (QED) is 0.670. The van der Waals surface area contributed by atoms with Crippen LogP contribution in [0.25, 0.3) is 0 Å². The van der Waals surface area contributed by atoms with E-state index in [0.29, 0.717) is 24.7 Å². The zero-order valence-corrected chi connectivity index (χ0v) is 10.9. The molecule has 4 nitrogen and oxygen atoms in total. The van der Waals surface area contributed by atoms with E-state index in [1.807, 2.05) is 19.1 Å². The largest absolute Gasteiger partial charge is 0.490 e. The Labute approximate surface area is 112 Å². The van der Waals surface area contributed by atoms with Crippen molar-refractivity contribution >= 4 is 11.6 Å². The van der Waals surface area contributed by atoms with Crippen LogP contribution in [0.15, 0.2) is 42.5 Å². The highest BCUT2D eigenvalue weighted by atomic mass is 16.5. The molecular weight excluding hydrogens is 242 g/mol. The molecule has 0 spiro atoms. The number of ether oxygens (including phenoxy) is 2. The first-order valence-electron chi connectivity index (χ1n) is 6.29. The van der Waals surface area contributed by atoms with Crippen LogP contribution in [0, 0.1) is 0 Å². The van der Waals surface area contributed by atoms with Crippen molar-refractivity contribution in [2.45, 2.75) is 13.3 Å². The van der Waals surface area contributed by atoms with Gasteiger partial charge in [-0.15, -0.1) is 0 Å². The third kappa shape index (κ3) is 3.88. The predicted molar refractivity (Wildman–Crippen MR) is 74.6 cm³/mol. The van der Waals surface area contributed by atoms with E-state index in [2.05, 4.69) is 5.32 Å². The minimum atomic E-state index is -0.174. The number of allylic oxidation sites excluding steroid dienone is 3. The van der Waals surface area contributed by atoms with Gasteiger partial charge in [-0.25, -0.2) is 0 Å². The van der Waals surface area contributed by atoms with Crippen LogP contribution >= 0.6 is 0 Å². The lowest BCUT2D eigenvalue weighted by Gasteiger charge is -2.09. The van der Waals surface area contributed by atoms with Gasteiger partial charge in [-0.05, 0) is 19.1 Å². The van der Waals surface area contributed by atoms with Crippen LogP contribution in [0.5, 0.6) is 11.5 Å². The van der Waals surface area contributed by atoms with E-state index in [1.54, 1.807) is 24.3 Å². The van der Waals surface area contributed by atoms with Gasteiger partial charge in [0.15, 0.2) is 11.5 Å². The minimum Gasteiger partial charge on any atom is -0.490 e. The zero-order chi connectivity index (χ0) is 13.5. The van der Waals surface area contributed by atoms with E-state index < -0.39 is 0 Å². The molecular formula is C15H17NO3. The molecule has 1 aliphatic rings. The average molecular weight is 259 g/mol. The van der Waals surface area contributed by atoms with Gasteiger partial charge in [-0.1, -0.05) is 18.2 Å². The van der Waals surface area contributed by atoms with Crippen molar-refractivity contribution in [2.24, 2.45) is 0 Å². The van der Waals surface area contributed by atoms with Crippen molar-refractivity contribution in [1.82, 2.24) is 0 Å². The van der Waals surface area contributed by atoms with E-state index >= 15 is 0 Å². The molecule has 1 heterocycles. The molecule has 4 heteroatoms. The van der Waals surface area contributed by atoms with Crippen molar-refractivity contribution in [3.8, 4) is 11.5 Å². The molecule has 0 fully saturated rings. The van der Waals surface area contributed by atoms with Gasteiger partial charge in [0.05, 0.1) is 13.2 Å². The Morgan fingerprint density at radius 2 is 2.00 bits per heavy atom. The third-order valence-corrected chi connectivity index (χ3v) is 2.57. The number of benzene rings is 1. The normalized spacial score (nSPS) is 14.6. The maximum atomic E-state index is 11.6. The topological polar surface area (TPSA) is 47.6 Å². The second kappa shape index (κ2) is 6.64. The van der Waals surface area contributed by atoms with Gasteiger partial charge in [0, 0.05) is 24.3 Å². The summed E-state index contributed by atoms with van der Waals surface area (Å²) in [7, 11) is 0. The number of fused-ring (bicyclic) bond motifs is 1. The highest BCUT2D eigenvalue weighted by Crippen LogP contribution is 2.32. The van der Waals surface area contributed by atoms with Crippen LogP contribution in [0.3, 0.4) is 0 Å². The molecule has 1 N–H and O–H groups in total. The van der Waals surface area contributed by atoms with E-state index in [1.165, 1.54) is 6.08 Å². The van der Waals surface area contributed by atoms with Crippen LogP contribution < -0.4 is 14.8 Å². The smallest absolute Gasteiger partial charge is 0.248 e. The Kier molecular flexibility index (Phi) is 4.61. The third-order valence-electron chi connectivity index (χ3n) is 2.57. The van der Waals surface area contributed by atoms with Gasteiger partial charge < -0.3 is 14.8 Å². The number of carbonyl (C=O) groups is 1. The Morgan fingerprint density at radius 3 is 2.79 bits per heavy atom. The van der Waals surface area contributed by atoms with Crippen LogP contribution in [0.2, 0.25) is 0 Å². The highest BCUT2D eigenvalue weighted by Gasteiger charge is 2.11. The van der Waals surface area contributed by atoms with Gasteiger partial charge in [0.25, 0.3) is 0 Å². The van der Waals surface area contributed by atoms with Gasteiger partial charge in [-0.2, -0.15) is 0 Å². The molecule has 0 aromatic heterocycles. The molecule has 0 unspecified atom stereocenters. The summed E-state index contributed by atoms with van der Waals surface area (Å²) < 4.78 is 11.1. The van der Waals surface area contributed by atoms with E-state index in [9.17, 15) is 4.79 Å². The Balaban J connectivity index is 2.05. The number of hydrogen-bond acceptors (Lipinski definition) is 3. The summed E-state index contributed by atoms with van der Waals surface area (Å²) in [5, 5.41) is 2.78. The molecule has 2 rings (SSSR count). The van der Waals surface area contributed by atoms with Gasteiger partial charge in [0.2, 0.25) is 5.91 Å². The molecule has 0 atom stereocenters. The minimum absolute atomic E-state index is 0.174. The average Bonchev–Trinajstić information content (AvgIpc) is 2.63. The van der Waals surface area contributed by atoms with Gasteiger partial charge in [-0.3, -0.25) is 4.79 Å². The lowest BCUT2D eigenvalue weighted by atomic mass is 10.2. The second-order valence-electron chi connectivity index (χ2n) is 4.09. The van der Waals surface area contributed by atoms with Crippen molar-refractivity contribution in [3.05, 3.63) is 42.5 Å². The van der Waals surface area contributed by atoms with E-state index in [0.717, 1.165) is 12.2 Å². The van der Waals surface area contributed by atoms with Crippen molar-refractivity contribution < 1.29 is 14.3 Å². The molecule has 0 saturated heterocycles. The first kappa shape index (κ1) is 13.2. The standard InChI is InChI=1S/C15H17NO3/c1-2-3-4-6-15(17)16-12-7-8-13-14(11-12)19-10-5-9-18-13/h2-4,6-8,11H,5,9-10H2,1H3,(H,16,17)/b3-2+,6-4+. The summed E-state index contributed by atoms with van der Waals surface area (Å²) >= 11 is 0. The fourth-order valence-electron chi connectivity index (χ4n) is 1.68. The maximum Gasteiger partial charge on any atom is 0.248 e.